The topological polar surface area (TPSA) is 89.7 Å². The monoisotopic (exact) mass is 481 g/mol. The Morgan fingerprint density at radius 3 is 2.54 bits per heavy atom. The number of fused-ring (bicyclic) bond motifs is 1. The molecule has 2 atom stereocenters. The van der Waals surface area contributed by atoms with E-state index < -0.39 is 17.7 Å². The van der Waals surface area contributed by atoms with Crippen LogP contribution in [0, 0.1) is 0 Å². The van der Waals surface area contributed by atoms with Gasteiger partial charge in [-0.1, -0.05) is 6.07 Å². The molecule has 4 rings (SSSR count). The summed E-state index contributed by atoms with van der Waals surface area (Å²) in [4.78, 5) is 29.2. The van der Waals surface area contributed by atoms with Crippen molar-refractivity contribution in [3.05, 3.63) is 58.7 Å². The molecule has 35 heavy (non-hydrogen) atoms. The first-order chi connectivity index (χ1) is 16.7. The van der Waals surface area contributed by atoms with Crippen molar-refractivity contribution in [1.29, 1.82) is 0 Å². The first kappa shape index (κ1) is 24.6. The van der Waals surface area contributed by atoms with Gasteiger partial charge in [-0.25, -0.2) is 0 Å². The standard InChI is InChI=1S/C27H32N2O6/c1-16-13-19-14-18(8-9-20(19)35-16)25(30)23-24(17-7-10-21(33-4)22(15-17)34-5)29(27(32)26(23)31)12-6-11-28(2)3/h7-10,14-16,24,30H,6,11-13H2,1-5H3/p+1/t16-,24+/m0/s1. The number of nitrogens with one attached hydrogen (secondary N) is 1. The van der Waals surface area contributed by atoms with E-state index in [1.807, 2.05) is 27.1 Å². The highest BCUT2D eigenvalue weighted by Crippen LogP contribution is 2.42. The highest BCUT2D eigenvalue weighted by atomic mass is 16.5. The van der Waals surface area contributed by atoms with Gasteiger partial charge >= 0.3 is 0 Å². The van der Waals surface area contributed by atoms with Gasteiger partial charge in [-0.15, -0.1) is 0 Å². The van der Waals surface area contributed by atoms with Gasteiger partial charge in [0.25, 0.3) is 11.7 Å². The summed E-state index contributed by atoms with van der Waals surface area (Å²) in [5.74, 6) is 0.306. The molecule has 8 nitrogen and oxygen atoms in total. The van der Waals surface area contributed by atoms with Crippen LogP contribution in [0.2, 0.25) is 0 Å². The molecule has 1 fully saturated rings. The van der Waals surface area contributed by atoms with Gasteiger partial charge < -0.3 is 29.1 Å². The van der Waals surface area contributed by atoms with Crippen LogP contribution in [-0.2, 0) is 16.0 Å². The second-order valence-corrected chi connectivity index (χ2v) is 9.37. The zero-order chi connectivity index (χ0) is 25.3. The summed E-state index contributed by atoms with van der Waals surface area (Å²) in [6.07, 6.45) is 1.49. The highest BCUT2D eigenvalue weighted by Gasteiger charge is 2.46. The summed E-state index contributed by atoms with van der Waals surface area (Å²) in [7, 11) is 7.16. The Labute approximate surface area is 205 Å². The first-order valence-electron chi connectivity index (χ1n) is 11.8. The number of rotatable bonds is 8. The minimum Gasteiger partial charge on any atom is -0.507 e. The zero-order valence-electron chi connectivity index (χ0n) is 20.9. The van der Waals surface area contributed by atoms with Crippen molar-refractivity contribution in [2.45, 2.75) is 31.9 Å². The van der Waals surface area contributed by atoms with E-state index in [-0.39, 0.29) is 17.4 Å². The minimum atomic E-state index is -0.740. The quantitative estimate of drug-likeness (QED) is 0.341. The molecule has 0 unspecified atom stereocenters. The lowest BCUT2D eigenvalue weighted by Gasteiger charge is -2.26. The van der Waals surface area contributed by atoms with Crippen molar-refractivity contribution in [1.82, 2.24) is 4.90 Å². The molecule has 1 saturated heterocycles. The molecule has 2 heterocycles. The van der Waals surface area contributed by atoms with E-state index in [0.29, 0.717) is 35.6 Å². The maximum Gasteiger partial charge on any atom is 0.295 e. The number of hydrogen-bond acceptors (Lipinski definition) is 6. The third-order valence-electron chi connectivity index (χ3n) is 6.51. The Morgan fingerprint density at radius 2 is 1.86 bits per heavy atom. The van der Waals surface area contributed by atoms with Crippen LogP contribution in [0.5, 0.6) is 17.2 Å². The van der Waals surface area contributed by atoms with E-state index in [2.05, 4.69) is 0 Å². The Hall–Kier alpha value is -3.52. The number of quaternary nitrogens is 1. The van der Waals surface area contributed by atoms with Gasteiger partial charge in [0, 0.05) is 24.9 Å². The number of likely N-dealkylation sites (tertiary alicyclic amines) is 1. The number of methoxy groups -OCH3 is 2. The molecule has 2 N–H and O–H groups in total. The van der Waals surface area contributed by atoms with Crippen LogP contribution in [0.4, 0.5) is 0 Å². The molecule has 0 radical (unpaired) electrons. The zero-order valence-corrected chi connectivity index (χ0v) is 20.9. The van der Waals surface area contributed by atoms with Gasteiger partial charge in [0.2, 0.25) is 0 Å². The summed E-state index contributed by atoms with van der Waals surface area (Å²) in [5, 5.41) is 11.4. The molecular formula is C27H33N2O6+. The average molecular weight is 482 g/mol. The summed E-state index contributed by atoms with van der Waals surface area (Å²) >= 11 is 0. The second kappa shape index (κ2) is 10.00. The van der Waals surface area contributed by atoms with Crippen LogP contribution in [0.3, 0.4) is 0 Å². The van der Waals surface area contributed by atoms with Gasteiger partial charge in [-0.05, 0) is 48.4 Å². The van der Waals surface area contributed by atoms with Crippen LogP contribution in [-0.4, -0.2) is 69.2 Å². The van der Waals surface area contributed by atoms with Gasteiger partial charge in [0.1, 0.15) is 17.6 Å². The number of ketones is 1. The molecular weight excluding hydrogens is 448 g/mol. The lowest BCUT2D eigenvalue weighted by Crippen LogP contribution is -3.05. The molecule has 2 aliphatic heterocycles. The molecule has 1 amide bonds. The number of carbonyl (C=O) groups excluding carboxylic acids is 2. The highest BCUT2D eigenvalue weighted by molar-refractivity contribution is 6.46. The predicted molar refractivity (Wildman–Crippen MR) is 131 cm³/mol. The van der Waals surface area contributed by atoms with Crippen molar-refractivity contribution < 1.29 is 33.8 Å². The van der Waals surface area contributed by atoms with E-state index in [4.69, 9.17) is 14.2 Å². The summed E-state index contributed by atoms with van der Waals surface area (Å²) in [5.41, 5.74) is 2.19. The largest absolute Gasteiger partial charge is 0.507 e. The summed E-state index contributed by atoms with van der Waals surface area (Å²) < 4.78 is 16.6. The smallest absolute Gasteiger partial charge is 0.295 e. The Bertz CT molecular complexity index is 1170. The third kappa shape index (κ3) is 4.71. The van der Waals surface area contributed by atoms with Crippen molar-refractivity contribution >= 4 is 17.4 Å². The van der Waals surface area contributed by atoms with Crippen LogP contribution in [0.25, 0.3) is 5.76 Å². The molecule has 0 bridgehead atoms. The van der Waals surface area contributed by atoms with E-state index in [1.54, 1.807) is 42.3 Å². The number of aliphatic hydroxyl groups is 1. The number of hydrogen-bond donors (Lipinski definition) is 2. The molecule has 0 saturated carbocycles. The molecule has 8 heteroatoms. The fourth-order valence-corrected chi connectivity index (χ4v) is 4.81. The Morgan fingerprint density at radius 1 is 1.11 bits per heavy atom. The molecule has 186 valence electrons. The maximum absolute atomic E-state index is 13.3. The number of carbonyl (C=O) groups is 2. The van der Waals surface area contributed by atoms with Crippen LogP contribution in [0.15, 0.2) is 42.0 Å². The van der Waals surface area contributed by atoms with Crippen LogP contribution < -0.4 is 19.1 Å². The second-order valence-electron chi connectivity index (χ2n) is 9.37. The van der Waals surface area contributed by atoms with Crippen molar-refractivity contribution in [2.75, 3.05) is 41.4 Å². The molecule has 2 aromatic rings. The molecule has 0 spiro atoms. The minimum absolute atomic E-state index is 0.0542. The predicted octanol–water partition coefficient (Wildman–Crippen LogP) is 1.98. The third-order valence-corrected chi connectivity index (χ3v) is 6.51. The van der Waals surface area contributed by atoms with Crippen LogP contribution in [0.1, 0.15) is 36.1 Å². The van der Waals surface area contributed by atoms with Crippen molar-refractivity contribution in [3.63, 3.8) is 0 Å². The van der Waals surface area contributed by atoms with Gasteiger partial charge in [0.15, 0.2) is 11.5 Å². The molecule has 2 aromatic carbocycles. The fourth-order valence-electron chi connectivity index (χ4n) is 4.81. The maximum atomic E-state index is 13.3. The first-order valence-corrected chi connectivity index (χ1v) is 11.8. The van der Waals surface area contributed by atoms with Gasteiger partial charge in [0.05, 0.1) is 46.5 Å². The van der Waals surface area contributed by atoms with Crippen LogP contribution >= 0.6 is 0 Å². The number of aliphatic hydroxyl groups excluding tert-OH is 1. The average Bonchev–Trinajstić information content (AvgIpc) is 3.33. The molecule has 0 aromatic heterocycles. The van der Waals surface area contributed by atoms with E-state index >= 15 is 0 Å². The van der Waals surface area contributed by atoms with E-state index in [0.717, 1.165) is 24.3 Å². The number of nitrogens with zero attached hydrogens (tertiary/aromatic N) is 1. The molecule has 2 aliphatic rings. The van der Waals surface area contributed by atoms with Crippen molar-refractivity contribution in [2.24, 2.45) is 0 Å². The summed E-state index contributed by atoms with van der Waals surface area (Å²) in [6, 6.07) is 9.92. The van der Waals surface area contributed by atoms with E-state index in [1.165, 1.54) is 12.0 Å². The SMILES string of the molecule is COc1ccc([C@@H]2C(=C(O)c3ccc4c(c3)C[C@H](C)O4)C(=O)C(=O)N2CCC[NH+](C)C)cc1OC. The van der Waals surface area contributed by atoms with Gasteiger partial charge in [-0.3, -0.25) is 9.59 Å². The Kier molecular flexibility index (Phi) is 7.03. The number of Topliss-reactive ketones (excluding diaryl/α,β-unsaturated/α-hetero) is 1. The number of amides is 1. The normalized spacial score (nSPS) is 20.8. The van der Waals surface area contributed by atoms with E-state index in [9.17, 15) is 14.7 Å². The molecule has 0 aliphatic carbocycles. The van der Waals surface area contributed by atoms with Crippen molar-refractivity contribution in [3.8, 4) is 17.2 Å². The Balaban J connectivity index is 1.81. The fraction of sp³-hybridized carbons (Fsp3) is 0.407. The number of ether oxygens (including phenoxy) is 3. The number of benzene rings is 2. The summed E-state index contributed by atoms with van der Waals surface area (Å²) in [6.45, 7) is 3.21. The van der Waals surface area contributed by atoms with Gasteiger partial charge in [-0.2, -0.15) is 0 Å². The lowest BCUT2D eigenvalue weighted by molar-refractivity contribution is -0.858. The lowest BCUT2D eigenvalue weighted by atomic mass is 9.94.